The van der Waals surface area contributed by atoms with E-state index in [0.29, 0.717) is 17.1 Å². The molecule has 0 radical (unpaired) electrons. The Bertz CT molecular complexity index is 685. The first kappa shape index (κ1) is 15.3. The number of nitrogens with zero attached hydrogens (tertiary/aromatic N) is 2. The highest BCUT2D eigenvalue weighted by atomic mass is 35.5. The first-order valence-corrected chi connectivity index (χ1v) is 6.67. The summed E-state index contributed by atoms with van der Waals surface area (Å²) in [5.74, 6) is -1.96. The third-order valence-electron chi connectivity index (χ3n) is 3.05. The summed E-state index contributed by atoms with van der Waals surface area (Å²) < 4.78 is 20.7. The van der Waals surface area contributed by atoms with Gasteiger partial charge in [0.2, 0.25) is 0 Å². The van der Waals surface area contributed by atoms with Crippen LogP contribution < -0.4 is 4.74 Å². The molecule has 2 rings (SSSR count). The van der Waals surface area contributed by atoms with Crippen molar-refractivity contribution in [3.63, 3.8) is 0 Å². The van der Waals surface area contributed by atoms with E-state index in [0.717, 1.165) is 11.8 Å². The zero-order valence-corrected chi connectivity index (χ0v) is 12.3. The van der Waals surface area contributed by atoms with Crippen LogP contribution in [0.25, 0.3) is 0 Å². The van der Waals surface area contributed by atoms with Crippen molar-refractivity contribution in [1.29, 1.82) is 0 Å². The number of carboxylic acid groups (broad SMARTS) is 1. The number of carbonyl (C=O) groups is 1. The predicted molar refractivity (Wildman–Crippen MR) is 75.3 cm³/mol. The fraction of sp³-hybridized carbons (Fsp3) is 0.286. The Kier molecular flexibility index (Phi) is 4.47. The number of ether oxygens (including phenoxy) is 1. The average molecular weight is 313 g/mol. The molecule has 1 N–H and O–H groups in total. The summed E-state index contributed by atoms with van der Waals surface area (Å²) in [6.07, 6.45) is 0.689. The van der Waals surface area contributed by atoms with Crippen LogP contribution in [-0.4, -0.2) is 20.9 Å². The van der Waals surface area contributed by atoms with Crippen molar-refractivity contribution in [3.8, 4) is 5.75 Å². The van der Waals surface area contributed by atoms with Gasteiger partial charge in [-0.1, -0.05) is 18.5 Å². The lowest BCUT2D eigenvalue weighted by Crippen LogP contribution is -2.05. The van der Waals surface area contributed by atoms with Crippen molar-refractivity contribution in [2.24, 2.45) is 7.05 Å². The lowest BCUT2D eigenvalue weighted by molar-refractivity contribution is 0.0696. The van der Waals surface area contributed by atoms with E-state index in [1.165, 1.54) is 12.1 Å². The summed E-state index contributed by atoms with van der Waals surface area (Å²) >= 11 is 6.17. The third-order valence-corrected chi connectivity index (χ3v) is 3.48. The molecule has 0 aliphatic heterocycles. The van der Waals surface area contributed by atoms with Crippen molar-refractivity contribution in [2.75, 3.05) is 0 Å². The number of benzene rings is 1. The van der Waals surface area contributed by atoms with Gasteiger partial charge < -0.3 is 9.84 Å². The van der Waals surface area contributed by atoms with Crippen LogP contribution >= 0.6 is 11.6 Å². The molecule has 0 amide bonds. The summed E-state index contributed by atoms with van der Waals surface area (Å²) in [5.41, 5.74) is 1.25. The number of carboxylic acids is 1. The minimum Gasteiger partial charge on any atom is -0.484 e. The molecule has 7 heteroatoms. The van der Waals surface area contributed by atoms with Gasteiger partial charge in [0.1, 0.15) is 6.61 Å². The Morgan fingerprint density at radius 3 is 2.76 bits per heavy atom. The van der Waals surface area contributed by atoms with Crippen molar-refractivity contribution in [2.45, 2.75) is 20.0 Å². The van der Waals surface area contributed by atoms with E-state index in [1.54, 1.807) is 11.7 Å². The predicted octanol–water partition coefficient (Wildman–Crippen LogP) is 3.05. The van der Waals surface area contributed by atoms with Gasteiger partial charge in [-0.25, -0.2) is 9.18 Å². The molecular weight excluding hydrogens is 299 g/mol. The zero-order chi connectivity index (χ0) is 15.6. The van der Waals surface area contributed by atoms with Crippen molar-refractivity contribution >= 4 is 17.6 Å². The first-order chi connectivity index (χ1) is 9.93. The zero-order valence-electron chi connectivity index (χ0n) is 11.6. The topological polar surface area (TPSA) is 64.4 Å². The number of hydrogen-bond acceptors (Lipinski definition) is 3. The highest BCUT2D eigenvalue weighted by Gasteiger charge is 2.15. The maximum atomic E-state index is 13.7. The van der Waals surface area contributed by atoms with Gasteiger partial charge in [0.05, 0.1) is 22.0 Å². The van der Waals surface area contributed by atoms with Crippen LogP contribution in [0.4, 0.5) is 4.39 Å². The molecule has 21 heavy (non-hydrogen) atoms. The molecule has 5 nitrogen and oxygen atoms in total. The van der Waals surface area contributed by atoms with Crippen molar-refractivity contribution < 1.29 is 19.0 Å². The van der Waals surface area contributed by atoms with E-state index >= 15 is 0 Å². The fourth-order valence-electron chi connectivity index (χ4n) is 1.87. The number of halogens is 2. The van der Waals surface area contributed by atoms with Gasteiger partial charge in [-0.05, 0) is 24.6 Å². The molecule has 1 aromatic heterocycles. The van der Waals surface area contributed by atoms with E-state index in [-0.39, 0.29) is 17.9 Å². The second kappa shape index (κ2) is 6.13. The Morgan fingerprint density at radius 1 is 1.52 bits per heavy atom. The second-order valence-electron chi connectivity index (χ2n) is 4.42. The van der Waals surface area contributed by atoms with Crippen LogP contribution in [0.3, 0.4) is 0 Å². The van der Waals surface area contributed by atoms with E-state index in [1.807, 2.05) is 6.92 Å². The number of aryl methyl sites for hydroxylation is 2. The molecule has 0 aliphatic carbocycles. The van der Waals surface area contributed by atoms with Crippen LogP contribution in [0.5, 0.6) is 5.75 Å². The Labute approximate surface area is 125 Å². The molecule has 0 spiro atoms. The van der Waals surface area contributed by atoms with Crippen LogP contribution in [0.15, 0.2) is 18.2 Å². The molecule has 0 bridgehead atoms. The van der Waals surface area contributed by atoms with Crippen LogP contribution in [-0.2, 0) is 20.1 Å². The molecule has 0 atom stereocenters. The van der Waals surface area contributed by atoms with Gasteiger partial charge >= 0.3 is 5.97 Å². The van der Waals surface area contributed by atoms with Crippen molar-refractivity contribution in [1.82, 2.24) is 9.78 Å². The van der Waals surface area contributed by atoms with Gasteiger partial charge in [-0.2, -0.15) is 5.10 Å². The Balaban J connectivity index is 2.17. The standard InChI is InChI=1S/C14H14ClFN2O3/c1-3-10-13(15)11(18(2)17-10)7-21-12-5-4-8(14(19)20)6-9(12)16/h4-6H,3,7H2,1-2H3,(H,19,20). The van der Waals surface area contributed by atoms with Crippen LogP contribution in [0, 0.1) is 5.82 Å². The number of rotatable bonds is 5. The number of aromatic carboxylic acids is 1. The molecular formula is C14H14ClFN2O3. The summed E-state index contributed by atoms with van der Waals surface area (Å²) in [4.78, 5) is 10.7. The highest BCUT2D eigenvalue weighted by molar-refractivity contribution is 6.31. The minimum atomic E-state index is -1.19. The van der Waals surface area contributed by atoms with Gasteiger partial charge in [0, 0.05) is 7.05 Å². The van der Waals surface area contributed by atoms with E-state index in [2.05, 4.69) is 5.10 Å². The quantitative estimate of drug-likeness (QED) is 0.921. The van der Waals surface area contributed by atoms with E-state index < -0.39 is 11.8 Å². The lowest BCUT2D eigenvalue weighted by atomic mass is 10.2. The first-order valence-electron chi connectivity index (χ1n) is 6.30. The SMILES string of the molecule is CCc1nn(C)c(COc2ccc(C(=O)O)cc2F)c1Cl. The maximum Gasteiger partial charge on any atom is 0.335 e. The summed E-state index contributed by atoms with van der Waals surface area (Å²) in [7, 11) is 1.73. The number of hydrogen-bond donors (Lipinski definition) is 1. The smallest absolute Gasteiger partial charge is 0.335 e. The molecule has 2 aromatic rings. The highest BCUT2D eigenvalue weighted by Crippen LogP contribution is 2.24. The largest absolute Gasteiger partial charge is 0.484 e. The summed E-state index contributed by atoms with van der Waals surface area (Å²) in [6.45, 7) is 1.98. The van der Waals surface area contributed by atoms with Gasteiger partial charge in [-0.3, -0.25) is 4.68 Å². The summed E-state index contributed by atoms with van der Waals surface area (Å²) in [5, 5.41) is 13.5. The van der Waals surface area contributed by atoms with Gasteiger partial charge in [-0.15, -0.1) is 0 Å². The molecule has 0 fully saturated rings. The third kappa shape index (κ3) is 3.16. The van der Waals surface area contributed by atoms with Gasteiger partial charge in [0.15, 0.2) is 11.6 Å². The molecule has 0 saturated heterocycles. The van der Waals surface area contributed by atoms with E-state index in [9.17, 15) is 9.18 Å². The van der Waals surface area contributed by atoms with Crippen molar-refractivity contribution in [3.05, 3.63) is 46.0 Å². The lowest BCUT2D eigenvalue weighted by Gasteiger charge is -2.08. The van der Waals surface area contributed by atoms with Gasteiger partial charge in [0.25, 0.3) is 0 Å². The molecule has 0 unspecified atom stereocenters. The second-order valence-corrected chi connectivity index (χ2v) is 4.80. The minimum absolute atomic E-state index is 0.0321. The summed E-state index contributed by atoms with van der Waals surface area (Å²) in [6, 6.07) is 3.48. The molecule has 0 aliphatic rings. The fourth-order valence-corrected chi connectivity index (χ4v) is 2.22. The average Bonchev–Trinajstić information content (AvgIpc) is 2.72. The Hall–Kier alpha value is -2.08. The number of aromatic nitrogens is 2. The monoisotopic (exact) mass is 312 g/mol. The van der Waals surface area contributed by atoms with Crippen LogP contribution in [0.2, 0.25) is 5.02 Å². The maximum absolute atomic E-state index is 13.7. The molecule has 1 aromatic carbocycles. The molecule has 0 saturated carbocycles. The normalized spacial score (nSPS) is 10.7. The Morgan fingerprint density at radius 2 is 2.24 bits per heavy atom. The van der Waals surface area contributed by atoms with E-state index in [4.69, 9.17) is 21.4 Å². The molecule has 112 valence electrons. The van der Waals surface area contributed by atoms with Crippen LogP contribution in [0.1, 0.15) is 28.7 Å². The molecule has 1 heterocycles.